The van der Waals surface area contributed by atoms with E-state index in [-0.39, 0.29) is 28.0 Å². The topological polar surface area (TPSA) is 133 Å². The van der Waals surface area contributed by atoms with E-state index in [0.717, 1.165) is 16.9 Å². The Morgan fingerprint density at radius 3 is 2.37 bits per heavy atom. The van der Waals surface area contributed by atoms with E-state index in [0.29, 0.717) is 16.8 Å². The summed E-state index contributed by atoms with van der Waals surface area (Å²) in [5.74, 6) is 0.235. The van der Waals surface area contributed by atoms with Crippen molar-refractivity contribution in [2.45, 2.75) is 24.0 Å². The fraction of sp³-hybridized carbons (Fsp3) is 0.143. The second-order valence-electron chi connectivity index (χ2n) is 9.30. The highest BCUT2D eigenvalue weighted by molar-refractivity contribution is 7.90. The van der Waals surface area contributed by atoms with Crippen molar-refractivity contribution in [3.8, 4) is 16.8 Å². The van der Waals surface area contributed by atoms with Gasteiger partial charge in [-0.1, -0.05) is 36.4 Å². The number of sulfone groups is 1. The molecule has 0 radical (unpaired) electrons. The van der Waals surface area contributed by atoms with Crippen LogP contribution >= 0.6 is 0 Å². The number of nitrogen functional groups attached to an aromatic ring is 1. The lowest BCUT2D eigenvalue weighted by atomic mass is 10.1. The molecular weight excluding hydrogens is 557 g/mol. The van der Waals surface area contributed by atoms with Crippen LogP contribution in [0, 0.1) is 0 Å². The lowest BCUT2D eigenvalue weighted by Gasteiger charge is -2.22. The Morgan fingerprint density at radius 2 is 1.68 bits per heavy atom. The molecule has 3 aromatic carbocycles. The molecule has 0 spiro atoms. The quantitative estimate of drug-likeness (QED) is 0.286. The summed E-state index contributed by atoms with van der Waals surface area (Å²) in [6.45, 7) is 1.66. The number of benzene rings is 3. The first-order valence-corrected chi connectivity index (χ1v) is 14.1. The van der Waals surface area contributed by atoms with E-state index in [1.807, 2.05) is 0 Å². The van der Waals surface area contributed by atoms with Gasteiger partial charge >= 0.3 is 6.18 Å². The normalized spacial score (nSPS) is 12.8. The zero-order chi connectivity index (χ0) is 29.5. The zero-order valence-corrected chi connectivity index (χ0v) is 22.5. The molecule has 5 rings (SSSR count). The molecule has 1 atom stereocenters. The van der Waals surface area contributed by atoms with Gasteiger partial charge in [0.15, 0.2) is 9.84 Å². The lowest BCUT2D eigenvalue weighted by molar-refractivity contribution is -0.136. The molecule has 0 saturated carbocycles. The number of nitrogens with zero attached hydrogens (tertiary/aromatic N) is 4. The number of nitrogens with two attached hydrogens (primary N) is 1. The third-order valence-corrected chi connectivity index (χ3v) is 7.47. The van der Waals surface area contributed by atoms with Crippen molar-refractivity contribution >= 4 is 32.5 Å². The van der Waals surface area contributed by atoms with Crippen LogP contribution in [0.25, 0.3) is 27.7 Å². The number of nitrogens with one attached hydrogen (secondary N) is 1. The van der Waals surface area contributed by atoms with Crippen LogP contribution in [0.15, 0.2) is 88.7 Å². The largest absolute Gasteiger partial charge is 0.417 e. The lowest BCUT2D eigenvalue weighted by Crippen LogP contribution is -2.29. The molecule has 2 heterocycles. The molecule has 5 aromatic rings. The van der Waals surface area contributed by atoms with Crippen LogP contribution in [-0.4, -0.2) is 34.2 Å². The molecular formula is C28H23F3N6O3S. The van der Waals surface area contributed by atoms with Crippen molar-refractivity contribution in [3.05, 3.63) is 101 Å². The number of para-hydroxylation sites is 1. The third-order valence-electron chi connectivity index (χ3n) is 6.36. The highest BCUT2D eigenvalue weighted by Crippen LogP contribution is 2.34. The Kier molecular flexibility index (Phi) is 6.99. The molecule has 3 N–H and O–H groups in total. The molecule has 0 bridgehead atoms. The van der Waals surface area contributed by atoms with Gasteiger partial charge in [-0.05, 0) is 48.9 Å². The average molecular weight is 581 g/mol. The Morgan fingerprint density at radius 1 is 0.976 bits per heavy atom. The maximum atomic E-state index is 13.9. The summed E-state index contributed by atoms with van der Waals surface area (Å²) in [6.07, 6.45) is -2.26. The van der Waals surface area contributed by atoms with Crippen LogP contribution in [0.2, 0.25) is 0 Å². The molecule has 0 saturated heterocycles. The van der Waals surface area contributed by atoms with Gasteiger partial charge < -0.3 is 11.1 Å². The molecule has 0 fully saturated rings. The SMILES string of the molecule is C[C@H](Nc1nc(N)ncc1-c1cccc(S(C)(=O)=O)c1)c1nc2cccc(C(F)(F)F)c2c(=O)n1-c1ccccc1. The van der Waals surface area contributed by atoms with Crippen molar-refractivity contribution in [2.75, 3.05) is 17.3 Å². The van der Waals surface area contributed by atoms with Crippen LogP contribution in [0.5, 0.6) is 0 Å². The fourth-order valence-corrected chi connectivity index (χ4v) is 5.15. The molecule has 0 unspecified atom stereocenters. The number of halogens is 3. The van der Waals surface area contributed by atoms with Crippen LogP contribution in [0.1, 0.15) is 24.4 Å². The maximum absolute atomic E-state index is 13.9. The fourth-order valence-electron chi connectivity index (χ4n) is 4.48. The van der Waals surface area contributed by atoms with Gasteiger partial charge in [-0.3, -0.25) is 9.36 Å². The minimum atomic E-state index is -4.77. The average Bonchev–Trinajstić information content (AvgIpc) is 2.92. The van der Waals surface area contributed by atoms with Crippen molar-refractivity contribution in [2.24, 2.45) is 0 Å². The highest BCUT2D eigenvalue weighted by atomic mass is 32.2. The smallest absolute Gasteiger partial charge is 0.368 e. The number of hydrogen-bond donors (Lipinski definition) is 2. The molecule has 0 aliphatic heterocycles. The maximum Gasteiger partial charge on any atom is 0.417 e. The molecule has 13 heteroatoms. The van der Waals surface area contributed by atoms with Gasteiger partial charge in [0, 0.05) is 18.0 Å². The van der Waals surface area contributed by atoms with Crippen LogP contribution in [-0.2, 0) is 16.0 Å². The van der Waals surface area contributed by atoms with E-state index >= 15 is 0 Å². The number of rotatable bonds is 6. The van der Waals surface area contributed by atoms with Gasteiger partial charge in [0.2, 0.25) is 5.95 Å². The minimum Gasteiger partial charge on any atom is -0.368 e. The second-order valence-corrected chi connectivity index (χ2v) is 11.3. The summed E-state index contributed by atoms with van der Waals surface area (Å²) >= 11 is 0. The van der Waals surface area contributed by atoms with Crippen molar-refractivity contribution in [1.29, 1.82) is 0 Å². The monoisotopic (exact) mass is 580 g/mol. The Bertz CT molecular complexity index is 1940. The summed E-state index contributed by atoms with van der Waals surface area (Å²) in [7, 11) is -3.51. The van der Waals surface area contributed by atoms with Gasteiger partial charge in [-0.15, -0.1) is 0 Å². The van der Waals surface area contributed by atoms with Crippen molar-refractivity contribution in [3.63, 3.8) is 0 Å². The molecule has 0 aliphatic carbocycles. The standard InChI is InChI=1S/C28H23F3N6O3S/c1-16(34-24-20(15-33-27(32)36-24)17-8-6-11-19(14-17)41(2,39)40)25-35-22-13-7-12-21(28(29,30)31)23(22)26(38)37(25)18-9-4-3-5-10-18/h3-16H,1-2H3,(H3,32,33,34,36)/t16-/m0/s1. The number of alkyl halides is 3. The first kappa shape index (κ1) is 27.8. The molecule has 0 aliphatic rings. The molecule has 0 amide bonds. The van der Waals surface area contributed by atoms with Crippen LogP contribution in [0.3, 0.4) is 0 Å². The predicted molar refractivity (Wildman–Crippen MR) is 149 cm³/mol. The second kappa shape index (κ2) is 10.3. The number of hydrogen-bond acceptors (Lipinski definition) is 8. The Hall–Kier alpha value is -4.78. The Labute approximate surface area is 232 Å². The first-order chi connectivity index (χ1) is 19.3. The van der Waals surface area contributed by atoms with Gasteiger partial charge in [-0.25, -0.2) is 18.4 Å². The molecule has 41 heavy (non-hydrogen) atoms. The van der Waals surface area contributed by atoms with Gasteiger partial charge in [-0.2, -0.15) is 18.2 Å². The molecule has 210 valence electrons. The van der Waals surface area contributed by atoms with Gasteiger partial charge in [0.1, 0.15) is 11.6 Å². The van der Waals surface area contributed by atoms with Gasteiger partial charge in [0.25, 0.3) is 5.56 Å². The van der Waals surface area contributed by atoms with E-state index in [4.69, 9.17) is 5.73 Å². The molecule has 9 nitrogen and oxygen atoms in total. The summed E-state index contributed by atoms with van der Waals surface area (Å²) < 4.78 is 67.0. The minimum absolute atomic E-state index is 0.0792. The predicted octanol–water partition coefficient (Wildman–Crippen LogP) is 5.02. The van der Waals surface area contributed by atoms with E-state index in [9.17, 15) is 26.4 Å². The summed E-state index contributed by atoms with van der Waals surface area (Å²) in [5.41, 5.74) is 4.97. The first-order valence-electron chi connectivity index (χ1n) is 12.2. The number of anilines is 2. The van der Waals surface area contributed by atoms with E-state index in [2.05, 4.69) is 20.3 Å². The van der Waals surface area contributed by atoms with E-state index in [1.54, 1.807) is 49.4 Å². The molecule has 2 aromatic heterocycles. The summed E-state index contributed by atoms with van der Waals surface area (Å²) in [4.78, 5) is 26.6. The number of fused-ring (bicyclic) bond motifs is 1. The van der Waals surface area contributed by atoms with Gasteiger partial charge in [0.05, 0.1) is 33.1 Å². The zero-order valence-electron chi connectivity index (χ0n) is 21.7. The summed E-state index contributed by atoms with van der Waals surface area (Å²) in [5, 5.41) is 2.59. The van der Waals surface area contributed by atoms with E-state index in [1.165, 1.54) is 30.5 Å². The van der Waals surface area contributed by atoms with Crippen molar-refractivity contribution in [1.82, 2.24) is 19.5 Å². The van der Waals surface area contributed by atoms with Crippen molar-refractivity contribution < 1.29 is 21.6 Å². The van der Waals surface area contributed by atoms with Crippen LogP contribution < -0.4 is 16.6 Å². The third kappa shape index (κ3) is 5.48. The highest BCUT2D eigenvalue weighted by Gasteiger charge is 2.35. The Balaban J connectivity index is 1.69. The summed E-state index contributed by atoms with van der Waals surface area (Å²) in [6, 6.07) is 17.0. The number of aromatic nitrogens is 4. The van der Waals surface area contributed by atoms with E-state index < -0.39 is 38.6 Å². The van der Waals surface area contributed by atoms with Crippen LogP contribution in [0.4, 0.5) is 24.9 Å².